The maximum absolute atomic E-state index is 12.6. The zero-order chi connectivity index (χ0) is 24.3. The van der Waals surface area contributed by atoms with Gasteiger partial charge in [-0.1, -0.05) is 30.3 Å². The molecule has 8 nitrogen and oxygen atoms in total. The molecule has 0 atom stereocenters. The highest BCUT2D eigenvalue weighted by atomic mass is 16.5. The van der Waals surface area contributed by atoms with E-state index in [0.29, 0.717) is 31.3 Å². The molecule has 3 aromatic carbocycles. The molecular weight excluding hydrogens is 448 g/mol. The smallest absolute Gasteiger partial charge is 0.342 e. The summed E-state index contributed by atoms with van der Waals surface area (Å²) in [4.78, 5) is 27.1. The summed E-state index contributed by atoms with van der Waals surface area (Å²) >= 11 is 0. The van der Waals surface area contributed by atoms with Crippen LogP contribution in [0, 0.1) is 0 Å². The predicted octanol–water partition coefficient (Wildman–Crippen LogP) is 3.78. The van der Waals surface area contributed by atoms with Crippen LogP contribution in [0.2, 0.25) is 0 Å². The summed E-state index contributed by atoms with van der Waals surface area (Å²) < 4.78 is 21.9. The van der Waals surface area contributed by atoms with Gasteiger partial charge in [0.1, 0.15) is 30.3 Å². The van der Waals surface area contributed by atoms with Crippen molar-refractivity contribution >= 4 is 23.3 Å². The molecule has 1 fully saturated rings. The van der Waals surface area contributed by atoms with E-state index in [9.17, 15) is 9.59 Å². The molecule has 8 heteroatoms. The highest BCUT2D eigenvalue weighted by Gasteiger charge is 2.16. The lowest BCUT2D eigenvalue weighted by molar-refractivity contribution is -0.119. The van der Waals surface area contributed by atoms with Gasteiger partial charge in [-0.25, -0.2) is 4.79 Å². The van der Waals surface area contributed by atoms with Crippen LogP contribution in [0.25, 0.3) is 0 Å². The summed E-state index contributed by atoms with van der Waals surface area (Å²) in [6.07, 6.45) is 0. The second kappa shape index (κ2) is 12.4. The number of ether oxygens (including phenoxy) is 4. The van der Waals surface area contributed by atoms with Crippen molar-refractivity contribution in [2.24, 2.45) is 0 Å². The molecule has 3 aromatic rings. The first-order chi connectivity index (χ1) is 17.2. The van der Waals surface area contributed by atoms with E-state index in [1.165, 1.54) is 0 Å². The second-order valence-electron chi connectivity index (χ2n) is 7.78. The Labute approximate surface area is 204 Å². The van der Waals surface area contributed by atoms with Crippen molar-refractivity contribution in [3.63, 3.8) is 0 Å². The number of carbonyl (C=O) groups is 2. The number of morpholine rings is 1. The van der Waals surface area contributed by atoms with Crippen LogP contribution in [-0.4, -0.2) is 58.0 Å². The van der Waals surface area contributed by atoms with Gasteiger partial charge in [0.2, 0.25) is 0 Å². The highest BCUT2D eigenvalue weighted by molar-refractivity contribution is 5.96. The third-order valence-electron chi connectivity index (χ3n) is 5.32. The van der Waals surface area contributed by atoms with E-state index in [-0.39, 0.29) is 12.2 Å². The van der Waals surface area contributed by atoms with Crippen molar-refractivity contribution in [1.29, 1.82) is 0 Å². The first-order valence-electron chi connectivity index (χ1n) is 11.5. The number of carbonyl (C=O) groups excluding carboxylic acids is 2. The zero-order valence-corrected chi connectivity index (χ0v) is 19.4. The molecule has 1 saturated heterocycles. The molecule has 0 spiro atoms. The molecule has 1 aliphatic heterocycles. The van der Waals surface area contributed by atoms with Gasteiger partial charge >= 0.3 is 5.97 Å². The fourth-order valence-corrected chi connectivity index (χ4v) is 3.57. The monoisotopic (exact) mass is 476 g/mol. The molecular formula is C27H28N2O6. The standard InChI is InChI=1S/C27H28N2O6/c30-26(28-21-10-12-22(13-11-21)29-14-16-32-17-15-29)20-35-27(31)24-8-4-5-9-25(24)34-19-18-33-23-6-2-1-3-7-23/h1-13H,14-20H2,(H,28,30). The van der Waals surface area contributed by atoms with Crippen molar-refractivity contribution in [2.45, 2.75) is 0 Å². The van der Waals surface area contributed by atoms with Gasteiger partial charge in [0.25, 0.3) is 5.91 Å². The lowest BCUT2D eigenvalue weighted by Crippen LogP contribution is -2.36. The third-order valence-corrected chi connectivity index (χ3v) is 5.32. The maximum atomic E-state index is 12.6. The number of benzene rings is 3. The Kier molecular flexibility index (Phi) is 8.56. The summed E-state index contributed by atoms with van der Waals surface area (Å²) in [5, 5.41) is 2.74. The molecule has 35 heavy (non-hydrogen) atoms. The van der Waals surface area contributed by atoms with Crippen LogP contribution < -0.4 is 19.7 Å². The van der Waals surface area contributed by atoms with Gasteiger partial charge in [-0.3, -0.25) is 4.79 Å². The number of nitrogens with one attached hydrogen (secondary N) is 1. The fraction of sp³-hybridized carbons (Fsp3) is 0.259. The first kappa shape index (κ1) is 24.1. The van der Waals surface area contributed by atoms with E-state index in [1.54, 1.807) is 24.3 Å². The molecule has 0 radical (unpaired) electrons. The van der Waals surface area contributed by atoms with Gasteiger partial charge in [-0.15, -0.1) is 0 Å². The van der Waals surface area contributed by atoms with Crippen molar-refractivity contribution in [3.8, 4) is 11.5 Å². The van der Waals surface area contributed by atoms with Crippen LogP contribution in [0.4, 0.5) is 11.4 Å². The van der Waals surface area contributed by atoms with Crippen molar-refractivity contribution in [3.05, 3.63) is 84.4 Å². The summed E-state index contributed by atoms with van der Waals surface area (Å²) in [7, 11) is 0. The number of hydrogen-bond donors (Lipinski definition) is 1. The SMILES string of the molecule is O=C(COC(=O)c1ccccc1OCCOc1ccccc1)Nc1ccc(N2CCOCC2)cc1. The van der Waals surface area contributed by atoms with Crippen LogP contribution in [-0.2, 0) is 14.3 Å². The summed E-state index contributed by atoms with van der Waals surface area (Å²) in [6.45, 7) is 3.26. The van der Waals surface area contributed by atoms with Gasteiger partial charge in [0.05, 0.1) is 13.2 Å². The topological polar surface area (TPSA) is 86.3 Å². The van der Waals surface area contributed by atoms with Crippen LogP contribution >= 0.6 is 0 Å². The van der Waals surface area contributed by atoms with Crippen LogP contribution in [0.5, 0.6) is 11.5 Å². The number of esters is 1. The van der Waals surface area contributed by atoms with E-state index in [4.69, 9.17) is 18.9 Å². The normalized spacial score (nSPS) is 13.1. The van der Waals surface area contributed by atoms with Gasteiger partial charge in [0.15, 0.2) is 6.61 Å². The molecule has 1 N–H and O–H groups in total. The van der Waals surface area contributed by atoms with Gasteiger partial charge in [-0.2, -0.15) is 0 Å². The minimum absolute atomic E-state index is 0.245. The van der Waals surface area contributed by atoms with Gasteiger partial charge < -0.3 is 29.2 Å². The van der Waals surface area contributed by atoms with E-state index in [1.807, 2.05) is 54.6 Å². The molecule has 1 aliphatic rings. The Bertz CT molecular complexity index is 1100. The fourth-order valence-electron chi connectivity index (χ4n) is 3.57. The quantitative estimate of drug-likeness (QED) is 0.352. The number of para-hydroxylation sites is 2. The highest BCUT2D eigenvalue weighted by Crippen LogP contribution is 2.20. The Hall–Kier alpha value is -4.04. The van der Waals surface area contributed by atoms with E-state index >= 15 is 0 Å². The molecule has 0 unspecified atom stereocenters. The molecule has 182 valence electrons. The molecule has 0 aromatic heterocycles. The minimum Gasteiger partial charge on any atom is -0.490 e. The molecule has 1 heterocycles. The van der Waals surface area contributed by atoms with Crippen LogP contribution in [0.15, 0.2) is 78.9 Å². The third kappa shape index (κ3) is 7.22. The van der Waals surface area contributed by atoms with E-state index in [2.05, 4.69) is 10.2 Å². The van der Waals surface area contributed by atoms with Gasteiger partial charge in [-0.05, 0) is 48.5 Å². The van der Waals surface area contributed by atoms with E-state index < -0.39 is 18.5 Å². The maximum Gasteiger partial charge on any atom is 0.342 e. The van der Waals surface area contributed by atoms with Crippen LogP contribution in [0.1, 0.15) is 10.4 Å². The molecule has 0 bridgehead atoms. The number of amides is 1. The molecule has 0 saturated carbocycles. The minimum atomic E-state index is -0.637. The Morgan fingerprint density at radius 3 is 2.29 bits per heavy atom. The summed E-state index contributed by atoms with van der Waals surface area (Å²) in [6, 6.07) is 23.7. The molecule has 1 amide bonds. The Balaban J connectivity index is 1.23. The molecule has 4 rings (SSSR count). The first-order valence-corrected chi connectivity index (χ1v) is 11.5. The number of anilines is 2. The number of hydrogen-bond acceptors (Lipinski definition) is 7. The second-order valence-corrected chi connectivity index (χ2v) is 7.78. The van der Waals surface area contributed by atoms with Crippen LogP contribution in [0.3, 0.4) is 0 Å². The number of rotatable bonds is 10. The predicted molar refractivity (Wildman–Crippen MR) is 132 cm³/mol. The average molecular weight is 477 g/mol. The lowest BCUT2D eigenvalue weighted by atomic mass is 10.2. The van der Waals surface area contributed by atoms with Gasteiger partial charge in [0, 0.05) is 24.5 Å². The summed E-state index contributed by atoms with van der Waals surface area (Å²) in [5.74, 6) is 0.0494. The largest absolute Gasteiger partial charge is 0.490 e. The number of nitrogens with zero attached hydrogens (tertiary/aromatic N) is 1. The van der Waals surface area contributed by atoms with Crippen molar-refractivity contribution < 1.29 is 28.5 Å². The molecule has 0 aliphatic carbocycles. The zero-order valence-electron chi connectivity index (χ0n) is 19.4. The average Bonchev–Trinajstić information content (AvgIpc) is 2.91. The van der Waals surface area contributed by atoms with Crippen molar-refractivity contribution in [1.82, 2.24) is 0 Å². The Morgan fingerprint density at radius 1 is 0.829 bits per heavy atom. The van der Waals surface area contributed by atoms with E-state index in [0.717, 1.165) is 24.5 Å². The lowest BCUT2D eigenvalue weighted by Gasteiger charge is -2.28. The van der Waals surface area contributed by atoms with Crippen molar-refractivity contribution in [2.75, 3.05) is 56.3 Å². The Morgan fingerprint density at radius 2 is 1.51 bits per heavy atom. The summed E-state index contributed by atoms with van der Waals surface area (Å²) in [5.41, 5.74) is 1.95.